The molecule has 4 rings (SSSR count). The highest BCUT2D eigenvalue weighted by Crippen LogP contribution is 2.33. The highest BCUT2D eigenvalue weighted by atomic mass is 19.2. The molecule has 0 unspecified atom stereocenters. The van der Waals surface area contributed by atoms with E-state index in [0.29, 0.717) is 16.7 Å². The number of aromatic nitrogens is 2. The summed E-state index contributed by atoms with van der Waals surface area (Å²) in [5.74, 6) is -3.48. The standard InChI is InChI=1S/C25H17F2N3O7/c1-2-36-24(33)29-19-8-14(37-23(32)13-4-3-7-28-12-13)5-6-15(19)21-11-22(31)16-9-17(26)18(27)10-20(16)30(21)25(34)35/h3-12H,2H2,1H3,(H,29,33)(H,34,35). The molecular formula is C25H17F2N3O7. The van der Waals surface area contributed by atoms with Gasteiger partial charge in [-0.05, 0) is 37.3 Å². The Bertz CT molecular complexity index is 1600. The molecule has 10 nitrogen and oxygen atoms in total. The SMILES string of the molecule is CCOC(=O)Nc1cc(OC(=O)c2cccnc2)ccc1-c1cc(=O)c2cc(F)c(F)cc2n1C(=O)O. The van der Waals surface area contributed by atoms with Gasteiger partial charge in [0.05, 0.1) is 29.1 Å². The maximum absolute atomic E-state index is 14.0. The van der Waals surface area contributed by atoms with Crippen LogP contribution in [0.15, 0.2) is 65.7 Å². The monoisotopic (exact) mass is 509 g/mol. The van der Waals surface area contributed by atoms with Crippen molar-refractivity contribution in [1.29, 1.82) is 0 Å². The van der Waals surface area contributed by atoms with Gasteiger partial charge in [0.1, 0.15) is 5.75 Å². The van der Waals surface area contributed by atoms with Crippen molar-refractivity contribution in [1.82, 2.24) is 9.55 Å². The molecule has 0 atom stereocenters. The van der Waals surface area contributed by atoms with E-state index in [1.807, 2.05) is 0 Å². The average molecular weight is 509 g/mol. The zero-order valence-corrected chi connectivity index (χ0v) is 19.0. The maximum atomic E-state index is 14.0. The molecule has 0 aliphatic heterocycles. The minimum Gasteiger partial charge on any atom is -0.464 e. The highest BCUT2D eigenvalue weighted by molar-refractivity contribution is 5.97. The molecule has 0 radical (unpaired) electrons. The summed E-state index contributed by atoms with van der Waals surface area (Å²) < 4.78 is 38.5. The number of carboxylic acid groups (broad SMARTS) is 1. The van der Waals surface area contributed by atoms with Crippen LogP contribution in [0, 0.1) is 11.6 Å². The quantitative estimate of drug-likeness (QED) is 0.293. The number of benzene rings is 2. The van der Waals surface area contributed by atoms with Gasteiger partial charge in [-0.1, -0.05) is 0 Å². The van der Waals surface area contributed by atoms with Gasteiger partial charge >= 0.3 is 18.2 Å². The van der Waals surface area contributed by atoms with Crippen LogP contribution in [-0.4, -0.2) is 39.4 Å². The summed E-state index contributed by atoms with van der Waals surface area (Å²) in [7, 11) is 0. The zero-order valence-electron chi connectivity index (χ0n) is 19.0. The molecule has 2 heterocycles. The smallest absolute Gasteiger partial charge is 0.416 e. The van der Waals surface area contributed by atoms with Crippen LogP contribution in [0.2, 0.25) is 0 Å². The highest BCUT2D eigenvalue weighted by Gasteiger charge is 2.22. The van der Waals surface area contributed by atoms with Gasteiger partial charge < -0.3 is 14.6 Å². The Morgan fingerprint density at radius 2 is 1.84 bits per heavy atom. The number of rotatable bonds is 5. The molecule has 0 saturated carbocycles. The van der Waals surface area contributed by atoms with E-state index in [2.05, 4.69) is 10.3 Å². The summed E-state index contributed by atoms with van der Waals surface area (Å²) in [6.45, 7) is 1.57. The maximum Gasteiger partial charge on any atom is 0.416 e. The van der Waals surface area contributed by atoms with Crippen molar-refractivity contribution in [2.75, 3.05) is 11.9 Å². The largest absolute Gasteiger partial charge is 0.464 e. The number of fused-ring (bicyclic) bond motifs is 1. The molecule has 37 heavy (non-hydrogen) atoms. The first-order valence-corrected chi connectivity index (χ1v) is 10.7. The number of nitrogens with zero attached hydrogens (tertiary/aromatic N) is 2. The molecule has 0 bridgehead atoms. The summed E-state index contributed by atoms with van der Waals surface area (Å²) in [6, 6.07) is 8.91. The average Bonchev–Trinajstić information content (AvgIpc) is 2.86. The number of esters is 1. The third kappa shape index (κ3) is 5.12. The van der Waals surface area contributed by atoms with Crippen LogP contribution in [0.5, 0.6) is 5.75 Å². The number of nitrogens with one attached hydrogen (secondary N) is 1. The van der Waals surface area contributed by atoms with Gasteiger partial charge in [0, 0.05) is 41.5 Å². The number of halogens is 2. The molecule has 188 valence electrons. The molecule has 0 fully saturated rings. The number of anilines is 1. The van der Waals surface area contributed by atoms with Crippen LogP contribution in [0.25, 0.3) is 22.2 Å². The lowest BCUT2D eigenvalue weighted by Crippen LogP contribution is -2.19. The third-order valence-corrected chi connectivity index (χ3v) is 5.13. The van der Waals surface area contributed by atoms with E-state index < -0.39 is 40.7 Å². The van der Waals surface area contributed by atoms with Crippen LogP contribution in [-0.2, 0) is 4.74 Å². The molecule has 0 saturated heterocycles. The Hall–Kier alpha value is -5.13. The van der Waals surface area contributed by atoms with E-state index >= 15 is 0 Å². The fraction of sp³-hybridized carbons (Fsp3) is 0.0800. The first-order valence-electron chi connectivity index (χ1n) is 10.7. The number of carbonyl (C=O) groups excluding carboxylic acids is 2. The van der Waals surface area contributed by atoms with E-state index in [-0.39, 0.29) is 40.3 Å². The van der Waals surface area contributed by atoms with Crippen LogP contribution >= 0.6 is 0 Å². The fourth-order valence-corrected chi connectivity index (χ4v) is 3.56. The van der Waals surface area contributed by atoms with Gasteiger partial charge in [-0.25, -0.2) is 27.7 Å². The summed E-state index contributed by atoms with van der Waals surface area (Å²) >= 11 is 0. The lowest BCUT2D eigenvalue weighted by molar-refractivity contribution is 0.0734. The summed E-state index contributed by atoms with van der Waals surface area (Å²) in [5, 5.41) is 11.9. The van der Waals surface area contributed by atoms with E-state index in [9.17, 15) is 33.1 Å². The Kier molecular flexibility index (Phi) is 6.91. The number of carbonyl (C=O) groups is 3. The summed E-state index contributed by atoms with van der Waals surface area (Å²) in [5.41, 5.74) is -1.44. The molecular weight excluding hydrogens is 492 g/mol. The first kappa shape index (κ1) is 25.0. The minimum absolute atomic E-state index is 0.0114. The van der Waals surface area contributed by atoms with Crippen LogP contribution in [0.4, 0.5) is 24.1 Å². The number of ether oxygens (including phenoxy) is 2. The van der Waals surface area contributed by atoms with E-state index in [1.54, 1.807) is 6.92 Å². The van der Waals surface area contributed by atoms with Crippen molar-refractivity contribution < 1.29 is 37.7 Å². The van der Waals surface area contributed by atoms with Crippen molar-refractivity contribution in [2.24, 2.45) is 0 Å². The molecule has 12 heteroatoms. The van der Waals surface area contributed by atoms with Crippen LogP contribution < -0.4 is 15.5 Å². The Morgan fingerprint density at radius 1 is 1.08 bits per heavy atom. The molecule has 0 aliphatic carbocycles. The number of hydrogen-bond acceptors (Lipinski definition) is 7. The number of amides is 1. The number of hydrogen-bond donors (Lipinski definition) is 2. The van der Waals surface area contributed by atoms with Crippen LogP contribution in [0.3, 0.4) is 0 Å². The zero-order chi connectivity index (χ0) is 26.7. The number of pyridine rings is 2. The first-order chi connectivity index (χ1) is 17.7. The summed E-state index contributed by atoms with van der Waals surface area (Å²) in [4.78, 5) is 53.4. The molecule has 4 aromatic rings. The minimum atomic E-state index is -1.61. The van der Waals surface area contributed by atoms with Gasteiger partial charge in [0.2, 0.25) is 0 Å². The van der Waals surface area contributed by atoms with Gasteiger partial charge in [-0.15, -0.1) is 0 Å². The predicted octanol–water partition coefficient (Wildman–Crippen LogP) is 4.66. The van der Waals surface area contributed by atoms with Gasteiger partial charge in [-0.3, -0.25) is 15.1 Å². The Labute approximate surface area is 206 Å². The van der Waals surface area contributed by atoms with Crippen LogP contribution in [0.1, 0.15) is 17.3 Å². The van der Waals surface area contributed by atoms with Gasteiger partial charge in [0.25, 0.3) is 0 Å². The van der Waals surface area contributed by atoms with Crippen molar-refractivity contribution in [3.05, 3.63) is 88.3 Å². The Balaban J connectivity index is 1.89. The molecule has 2 aromatic heterocycles. The van der Waals surface area contributed by atoms with E-state index in [1.165, 1.54) is 42.7 Å². The van der Waals surface area contributed by atoms with Crippen molar-refractivity contribution in [3.63, 3.8) is 0 Å². The van der Waals surface area contributed by atoms with Crippen molar-refractivity contribution >= 4 is 34.7 Å². The van der Waals surface area contributed by atoms with E-state index in [4.69, 9.17) is 9.47 Å². The molecule has 0 aliphatic rings. The van der Waals surface area contributed by atoms with Gasteiger partial charge in [0.15, 0.2) is 17.1 Å². The molecule has 2 aromatic carbocycles. The lowest BCUT2D eigenvalue weighted by Gasteiger charge is -2.17. The van der Waals surface area contributed by atoms with Gasteiger partial charge in [-0.2, -0.15) is 0 Å². The Morgan fingerprint density at radius 3 is 2.51 bits per heavy atom. The topological polar surface area (TPSA) is 137 Å². The second-order valence-corrected chi connectivity index (χ2v) is 7.48. The lowest BCUT2D eigenvalue weighted by atomic mass is 10.1. The second kappa shape index (κ2) is 10.2. The molecule has 1 amide bonds. The van der Waals surface area contributed by atoms with E-state index in [0.717, 1.165) is 6.07 Å². The van der Waals surface area contributed by atoms with Crippen molar-refractivity contribution in [3.8, 4) is 17.0 Å². The normalized spacial score (nSPS) is 10.7. The second-order valence-electron chi connectivity index (χ2n) is 7.48. The summed E-state index contributed by atoms with van der Waals surface area (Å²) in [6.07, 6.45) is 0.230. The molecule has 0 spiro atoms. The van der Waals surface area contributed by atoms with Crippen molar-refractivity contribution in [2.45, 2.75) is 6.92 Å². The predicted molar refractivity (Wildman–Crippen MR) is 127 cm³/mol. The third-order valence-electron chi connectivity index (χ3n) is 5.13. The molecule has 2 N–H and O–H groups in total. The fourth-order valence-electron chi connectivity index (χ4n) is 3.56.